The summed E-state index contributed by atoms with van der Waals surface area (Å²) in [7, 11) is 2.23. The van der Waals surface area contributed by atoms with Gasteiger partial charge in [-0.25, -0.2) is 0 Å². The van der Waals surface area contributed by atoms with Gasteiger partial charge in [0, 0.05) is 0 Å². The molecule has 0 amide bonds. The van der Waals surface area contributed by atoms with E-state index in [9.17, 15) is 0 Å². The fourth-order valence-corrected chi connectivity index (χ4v) is 8.03. The van der Waals surface area contributed by atoms with Crippen molar-refractivity contribution in [2.75, 3.05) is 0 Å². The molecule has 1 nitrogen and oxygen atoms in total. The fraction of sp³-hybridized carbons (Fsp3) is 0.522. The van der Waals surface area contributed by atoms with Crippen LogP contribution in [0.1, 0.15) is 42.4 Å². The number of hydrogen-bond donors (Lipinski definition) is 0. The molecule has 0 aliphatic heterocycles. The number of rotatable bonds is 4. The molecule has 1 saturated carbocycles. The molecule has 3 rings (SSSR count). The predicted molar refractivity (Wildman–Crippen MR) is 111 cm³/mol. The topological polar surface area (TPSA) is 3.88 Å². The Hall–Kier alpha value is -1.09. The zero-order valence-corrected chi connectivity index (χ0v) is 19.0. The normalized spacial score (nSPS) is 15.8. The van der Waals surface area contributed by atoms with Crippen molar-refractivity contribution in [3.8, 4) is 11.3 Å². The molecule has 1 aromatic heterocycles. The van der Waals surface area contributed by atoms with Gasteiger partial charge in [0.25, 0.3) is 0 Å². The molecule has 1 aromatic carbocycles. The molecule has 0 radical (unpaired) electrons. The molecule has 1 aliphatic carbocycles. The van der Waals surface area contributed by atoms with Gasteiger partial charge in [-0.05, 0) is 0 Å². The van der Waals surface area contributed by atoms with E-state index < -0.39 is 13.3 Å². The third kappa shape index (κ3) is 4.19. The van der Waals surface area contributed by atoms with Crippen molar-refractivity contribution >= 4 is 17.7 Å². The summed E-state index contributed by atoms with van der Waals surface area (Å²) in [5.74, 6) is 8.54. The molecule has 0 unspecified atom stereocenters. The van der Waals surface area contributed by atoms with Gasteiger partial charge in [0.15, 0.2) is 0 Å². The predicted octanol–water partition coefficient (Wildman–Crippen LogP) is 5.07. The first kappa shape index (κ1) is 18.7. The summed E-state index contributed by atoms with van der Waals surface area (Å²) in [6.07, 6.45) is 9.48. The van der Waals surface area contributed by atoms with Crippen LogP contribution < -0.4 is 8.96 Å². The molecule has 0 spiro atoms. The van der Waals surface area contributed by atoms with Crippen LogP contribution in [-0.2, 0) is 13.5 Å². The number of pyridine rings is 1. The molecule has 2 aromatic rings. The Morgan fingerprint density at radius 3 is 2.32 bits per heavy atom. The summed E-state index contributed by atoms with van der Waals surface area (Å²) < 4.78 is 4.08. The number of aromatic nitrogens is 1. The quantitative estimate of drug-likeness (QED) is 0.501. The minimum atomic E-state index is -1.92. The van der Waals surface area contributed by atoms with E-state index in [0.29, 0.717) is 0 Å². The van der Waals surface area contributed by atoms with E-state index in [1.165, 1.54) is 54.5 Å². The van der Waals surface area contributed by atoms with Crippen molar-refractivity contribution < 1.29 is 4.57 Å². The number of aryl methyl sites for hydroxylation is 3. The Kier molecular flexibility index (Phi) is 5.43. The van der Waals surface area contributed by atoms with Crippen molar-refractivity contribution in [1.82, 2.24) is 0 Å². The Morgan fingerprint density at radius 2 is 1.72 bits per heavy atom. The van der Waals surface area contributed by atoms with Gasteiger partial charge in [-0.1, -0.05) is 0 Å². The number of nitrogens with zero attached hydrogens (tertiary/aromatic N) is 1. The molecular formula is C23H34GeN+. The van der Waals surface area contributed by atoms with E-state index in [4.69, 9.17) is 0 Å². The van der Waals surface area contributed by atoms with Crippen LogP contribution in [0.25, 0.3) is 11.3 Å². The molecule has 0 atom stereocenters. The van der Waals surface area contributed by atoms with E-state index in [-0.39, 0.29) is 0 Å². The summed E-state index contributed by atoms with van der Waals surface area (Å²) in [6, 6.07) is 9.39. The van der Waals surface area contributed by atoms with Crippen molar-refractivity contribution in [2.24, 2.45) is 13.0 Å². The first-order valence-electron chi connectivity index (χ1n) is 9.86. The van der Waals surface area contributed by atoms with Gasteiger partial charge in [-0.15, -0.1) is 0 Å². The van der Waals surface area contributed by atoms with Crippen molar-refractivity contribution in [1.29, 1.82) is 0 Å². The first-order valence-corrected chi connectivity index (χ1v) is 17.2. The van der Waals surface area contributed by atoms with Gasteiger partial charge < -0.3 is 0 Å². The third-order valence-electron chi connectivity index (χ3n) is 5.81. The summed E-state index contributed by atoms with van der Waals surface area (Å²) >= 11 is -1.92. The van der Waals surface area contributed by atoms with E-state index in [2.05, 4.69) is 73.2 Å². The summed E-state index contributed by atoms with van der Waals surface area (Å²) in [5, 5.41) is 0. The average molecular weight is 397 g/mol. The van der Waals surface area contributed by atoms with Crippen LogP contribution in [0.15, 0.2) is 30.5 Å². The zero-order valence-electron chi connectivity index (χ0n) is 16.9. The van der Waals surface area contributed by atoms with Crippen LogP contribution in [0, 0.1) is 19.8 Å². The van der Waals surface area contributed by atoms with Gasteiger partial charge in [-0.2, -0.15) is 0 Å². The molecule has 0 saturated heterocycles. The molecule has 1 fully saturated rings. The molecule has 1 heterocycles. The average Bonchev–Trinajstić information content (AvgIpc) is 3.00. The van der Waals surface area contributed by atoms with Gasteiger partial charge in [0.05, 0.1) is 0 Å². The van der Waals surface area contributed by atoms with Gasteiger partial charge in [0.1, 0.15) is 0 Å². The number of hydrogen-bond acceptors (Lipinski definition) is 0. The van der Waals surface area contributed by atoms with Gasteiger partial charge in [-0.3, -0.25) is 0 Å². The van der Waals surface area contributed by atoms with Crippen molar-refractivity contribution in [3.05, 3.63) is 47.2 Å². The van der Waals surface area contributed by atoms with E-state index in [1.54, 1.807) is 9.96 Å². The van der Waals surface area contributed by atoms with Crippen LogP contribution >= 0.6 is 0 Å². The van der Waals surface area contributed by atoms with E-state index in [0.717, 1.165) is 5.92 Å². The first-order chi connectivity index (χ1) is 11.8. The second-order valence-corrected chi connectivity index (χ2v) is 19.7. The Morgan fingerprint density at radius 1 is 1.04 bits per heavy atom. The summed E-state index contributed by atoms with van der Waals surface area (Å²) in [5.41, 5.74) is 7.12. The maximum absolute atomic E-state index is 2.54. The molecular weight excluding hydrogens is 363 g/mol. The third-order valence-corrected chi connectivity index (χ3v) is 10.2. The van der Waals surface area contributed by atoms with E-state index in [1.807, 2.05) is 0 Å². The molecule has 25 heavy (non-hydrogen) atoms. The van der Waals surface area contributed by atoms with Crippen molar-refractivity contribution in [2.45, 2.75) is 63.2 Å². The number of benzene rings is 1. The van der Waals surface area contributed by atoms with Crippen LogP contribution in [0.3, 0.4) is 0 Å². The molecule has 0 N–H and O–H groups in total. The molecule has 2 heteroatoms. The fourth-order valence-electron chi connectivity index (χ4n) is 4.46. The summed E-state index contributed by atoms with van der Waals surface area (Å²) in [4.78, 5) is 0. The van der Waals surface area contributed by atoms with Crippen molar-refractivity contribution in [3.63, 3.8) is 0 Å². The maximum atomic E-state index is 2.54. The standard InChI is InChI=1S/C23H34GeN/c1-17-11-12-21(18(2)13-17)23-15-22(24(3,4)5)20(16-25(23)6)14-19-9-7-8-10-19/h11-13,15-16,19H,7-10,14H2,1-6H3/q+1. The van der Waals surface area contributed by atoms with Crippen LogP contribution in [0.2, 0.25) is 17.3 Å². The van der Waals surface area contributed by atoms with Gasteiger partial charge in [0.2, 0.25) is 0 Å². The van der Waals surface area contributed by atoms with Crippen LogP contribution in [0.4, 0.5) is 0 Å². The second-order valence-electron chi connectivity index (χ2n) is 9.13. The van der Waals surface area contributed by atoms with E-state index >= 15 is 0 Å². The zero-order chi connectivity index (χ0) is 18.2. The molecule has 134 valence electrons. The van der Waals surface area contributed by atoms with Crippen LogP contribution in [-0.4, -0.2) is 13.3 Å². The molecule has 0 bridgehead atoms. The minimum absolute atomic E-state index is 0.912. The Labute approximate surface area is 156 Å². The SMILES string of the molecule is Cc1ccc(-c2c[c]([Ge]([CH3])([CH3])[CH3])c(CC3CCCC3)c[n+]2C)c(C)c1. The van der Waals surface area contributed by atoms with Gasteiger partial charge >= 0.3 is 157 Å². The monoisotopic (exact) mass is 398 g/mol. The second kappa shape index (κ2) is 7.27. The van der Waals surface area contributed by atoms with Crippen LogP contribution in [0.5, 0.6) is 0 Å². The molecule has 1 aliphatic rings. The Balaban J connectivity index is 2.08. The Bertz CT molecular complexity index is 764. The summed E-state index contributed by atoms with van der Waals surface area (Å²) in [6.45, 7) is 4.42.